The molecule has 0 aliphatic heterocycles. The number of rotatable bonds is 7. The molecular formula is C16H20ClN7O3. The second-order valence-electron chi connectivity index (χ2n) is 6.35. The van der Waals surface area contributed by atoms with Gasteiger partial charge in [-0.3, -0.25) is 0 Å². The Bertz CT molecular complexity index is 947. The van der Waals surface area contributed by atoms with Gasteiger partial charge in [0.1, 0.15) is 11.5 Å². The smallest absolute Gasteiger partial charge is 0.227 e. The quantitative estimate of drug-likeness (QED) is 0.330. The molecule has 144 valence electrons. The third-order valence-corrected chi connectivity index (χ3v) is 4.40. The van der Waals surface area contributed by atoms with Crippen LogP contribution in [0.4, 0.5) is 11.8 Å². The van der Waals surface area contributed by atoms with Crippen LogP contribution in [0.1, 0.15) is 19.4 Å². The summed E-state index contributed by atoms with van der Waals surface area (Å²) in [7, 11) is 0. The molecule has 0 spiro atoms. The molecule has 0 bridgehead atoms. The lowest BCUT2D eigenvalue weighted by Crippen LogP contribution is -2.30. The summed E-state index contributed by atoms with van der Waals surface area (Å²) in [4.78, 5) is 8.67. The third-order valence-electron chi connectivity index (χ3n) is 4.09. The Kier molecular flexibility index (Phi) is 5.47. The maximum absolute atomic E-state index is 9.99. The number of aliphatic hydroxyl groups is 1. The highest BCUT2D eigenvalue weighted by Crippen LogP contribution is 2.31. The maximum Gasteiger partial charge on any atom is 0.227 e. The molecule has 10 nitrogen and oxygen atoms in total. The molecule has 0 unspecified atom stereocenters. The fourth-order valence-electron chi connectivity index (χ4n) is 2.44. The van der Waals surface area contributed by atoms with Crippen molar-refractivity contribution >= 4 is 34.5 Å². The number of H-pyrrole nitrogens is 1. The molecule has 2 aromatic heterocycles. The summed E-state index contributed by atoms with van der Waals surface area (Å²) in [5.41, 5.74) is 1.19. The Balaban J connectivity index is 1.87. The van der Waals surface area contributed by atoms with Crippen molar-refractivity contribution in [2.45, 2.75) is 26.4 Å². The molecule has 3 rings (SSSR count). The number of phenols is 2. The molecule has 0 saturated heterocycles. The summed E-state index contributed by atoms with van der Waals surface area (Å²) in [5.74, 6) is 0.636. The highest BCUT2D eigenvalue weighted by molar-refractivity contribution is 6.32. The first-order chi connectivity index (χ1) is 12.9. The molecule has 0 aliphatic carbocycles. The molecule has 11 heteroatoms. The van der Waals surface area contributed by atoms with Gasteiger partial charge in [0.2, 0.25) is 11.6 Å². The Morgan fingerprint density at radius 1 is 1.15 bits per heavy atom. The van der Waals surface area contributed by atoms with E-state index in [1.54, 1.807) is 0 Å². The predicted octanol–water partition coefficient (Wildman–Crippen LogP) is 1.85. The number of aliphatic hydroxyl groups excluding tert-OH is 1. The lowest BCUT2D eigenvalue weighted by Gasteiger charge is -2.20. The molecule has 0 fully saturated rings. The predicted molar refractivity (Wildman–Crippen MR) is 101 cm³/mol. The molecule has 2 heterocycles. The second kappa shape index (κ2) is 7.80. The zero-order valence-corrected chi connectivity index (χ0v) is 15.5. The number of nitrogens with zero attached hydrogens (tertiary/aromatic N) is 4. The monoisotopic (exact) mass is 393 g/mol. The first kappa shape index (κ1) is 18.9. The Labute approximate surface area is 159 Å². The normalized spacial score (nSPS) is 12.5. The van der Waals surface area contributed by atoms with E-state index in [9.17, 15) is 15.3 Å². The van der Waals surface area contributed by atoms with Crippen molar-refractivity contribution in [1.29, 1.82) is 0 Å². The van der Waals surface area contributed by atoms with Crippen LogP contribution in [-0.2, 0) is 6.54 Å². The van der Waals surface area contributed by atoms with Crippen LogP contribution in [0.3, 0.4) is 0 Å². The van der Waals surface area contributed by atoms with Gasteiger partial charge in [-0.15, -0.1) is 5.10 Å². The largest absolute Gasteiger partial charge is 0.508 e. The average Bonchev–Trinajstić information content (AvgIpc) is 3.09. The number of hydrogen-bond donors (Lipinski definition) is 6. The van der Waals surface area contributed by atoms with E-state index in [4.69, 9.17) is 11.6 Å². The van der Waals surface area contributed by atoms with Crippen molar-refractivity contribution in [1.82, 2.24) is 25.4 Å². The van der Waals surface area contributed by atoms with Gasteiger partial charge in [-0.05, 0) is 12.0 Å². The third kappa shape index (κ3) is 4.12. The van der Waals surface area contributed by atoms with Crippen LogP contribution in [0.5, 0.6) is 11.5 Å². The van der Waals surface area contributed by atoms with Gasteiger partial charge >= 0.3 is 0 Å². The molecule has 3 aromatic rings. The average molecular weight is 394 g/mol. The summed E-state index contributed by atoms with van der Waals surface area (Å²) in [6.45, 7) is 4.02. The molecule has 1 atom stereocenters. The van der Waals surface area contributed by atoms with Gasteiger partial charge in [0.15, 0.2) is 11.3 Å². The van der Waals surface area contributed by atoms with Gasteiger partial charge in [0.05, 0.1) is 17.7 Å². The Hall–Kier alpha value is -2.85. The van der Waals surface area contributed by atoms with Crippen LogP contribution < -0.4 is 10.6 Å². The zero-order valence-electron chi connectivity index (χ0n) is 14.7. The second-order valence-corrected chi connectivity index (χ2v) is 6.76. The minimum atomic E-state index is -0.223. The minimum absolute atomic E-state index is 0.0609. The van der Waals surface area contributed by atoms with Gasteiger partial charge in [-0.25, -0.2) is 0 Å². The van der Waals surface area contributed by atoms with Crippen LogP contribution in [-0.4, -0.2) is 53.3 Å². The number of aromatic amines is 1. The fraction of sp³-hybridized carbons (Fsp3) is 0.375. The Morgan fingerprint density at radius 3 is 2.63 bits per heavy atom. The van der Waals surface area contributed by atoms with Crippen molar-refractivity contribution < 1.29 is 15.3 Å². The van der Waals surface area contributed by atoms with E-state index in [2.05, 4.69) is 36.0 Å². The van der Waals surface area contributed by atoms with Crippen LogP contribution in [0.15, 0.2) is 12.1 Å². The highest BCUT2D eigenvalue weighted by atomic mass is 35.5. The fourth-order valence-corrected chi connectivity index (χ4v) is 2.60. The van der Waals surface area contributed by atoms with Gasteiger partial charge in [-0.2, -0.15) is 20.3 Å². The van der Waals surface area contributed by atoms with Crippen LogP contribution >= 0.6 is 11.6 Å². The number of fused-ring (bicyclic) bond motifs is 1. The standard InChI is InChI=1S/C16H20ClN7O3/c1-7(2)10(6-25)19-16-20-14(13-15(21-16)23-24-22-13)18-5-8-3-12(27)9(17)4-11(8)26/h3-4,7,10,25-27H,5-6H2,1-2H3,(H3,18,19,20,21,22,23,24)/t10-/m0/s1. The van der Waals surface area contributed by atoms with Crippen LogP contribution in [0.25, 0.3) is 11.2 Å². The van der Waals surface area contributed by atoms with Crippen molar-refractivity contribution in [2.75, 3.05) is 17.2 Å². The number of anilines is 2. The number of aromatic hydroxyl groups is 2. The summed E-state index contributed by atoms with van der Waals surface area (Å²) in [5, 5.41) is 45.9. The number of benzene rings is 1. The molecule has 0 radical (unpaired) electrons. The topological polar surface area (TPSA) is 152 Å². The van der Waals surface area contributed by atoms with Gasteiger partial charge < -0.3 is 26.0 Å². The van der Waals surface area contributed by atoms with Crippen molar-refractivity contribution in [3.05, 3.63) is 22.7 Å². The Morgan fingerprint density at radius 2 is 1.93 bits per heavy atom. The van der Waals surface area contributed by atoms with Gasteiger partial charge in [0, 0.05) is 18.2 Å². The van der Waals surface area contributed by atoms with E-state index in [1.165, 1.54) is 12.1 Å². The first-order valence-electron chi connectivity index (χ1n) is 8.29. The lowest BCUT2D eigenvalue weighted by molar-refractivity contribution is 0.248. The van der Waals surface area contributed by atoms with E-state index >= 15 is 0 Å². The zero-order chi connectivity index (χ0) is 19.6. The molecule has 1 aromatic carbocycles. The first-order valence-corrected chi connectivity index (χ1v) is 8.67. The van der Waals surface area contributed by atoms with E-state index in [-0.39, 0.29) is 47.6 Å². The summed E-state index contributed by atoms with van der Waals surface area (Å²) in [6.07, 6.45) is 0. The lowest BCUT2D eigenvalue weighted by atomic mass is 10.1. The maximum atomic E-state index is 9.99. The van der Waals surface area contributed by atoms with E-state index < -0.39 is 0 Å². The molecule has 6 N–H and O–H groups in total. The van der Waals surface area contributed by atoms with Crippen LogP contribution in [0.2, 0.25) is 5.02 Å². The summed E-state index contributed by atoms with van der Waals surface area (Å²) < 4.78 is 0. The van der Waals surface area contributed by atoms with Crippen molar-refractivity contribution in [3.8, 4) is 11.5 Å². The number of phenolic OH excluding ortho intramolecular Hbond substituents is 2. The van der Waals surface area contributed by atoms with Crippen molar-refractivity contribution in [2.24, 2.45) is 5.92 Å². The highest BCUT2D eigenvalue weighted by Gasteiger charge is 2.17. The number of nitrogens with one attached hydrogen (secondary N) is 3. The van der Waals surface area contributed by atoms with Gasteiger partial charge in [-0.1, -0.05) is 25.4 Å². The van der Waals surface area contributed by atoms with E-state index in [0.29, 0.717) is 22.5 Å². The minimum Gasteiger partial charge on any atom is -0.508 e. The molecule has 27 heavy (non-hydrogen) atoms. The number of aromatic nitrogens is 5. The summed E-state index contributed by atoms with van der Waals surface area (Å²) >= 11 is 5.77. The van der Waals surface area contributed by atoms with Gasteiger partial charge in [0.25, 0.3) is 0 Å². The summed E-state index contributed by atoms with van der Waals surface area (Å²) in [6, 6.07) is 2.41. The molecule has 0 aliphatic rings. The molecule has 0 saturated carbocycles. The van der Waals surface area contributed by atoms with E-state index in [1.807, 2.05) is 13.8 Å². The number of hydrogen-bond acceptors (Lipinski definition) is 9. The SMILES string of the molecule is CC(C)[C@H](CO)Nc1nc(NCc2cc(O)c(Cl)cc2O)c2n[nH]nc2n1. The van der Waals surface area contributed by atoms with Crippen LogP contribution in [0, 0.1) is 5.92 Å². The molecule has 0 amide bonds. The molecular weight excluding hydrogens is 374 g/mol. The number of halogens is 1. The van der Waals surface area contributed by atoms with E-state index in [0.717, 1.165) is 0 Å². The van der Waals surface area contributed by atoms with Crippen molar-refractivity contribution in [3.63, 3.8) is 0 Å².